The van der Waals surface area contributed by atoms with Crippen LogP contribution in [-0.2, 0) is 29.0 Å². The van der Waals surface area contributed by atoms with E-state index in [4.69, 9.17) is 11.6 Å². The van der Waals surface area contributed by atoms with Crippen LogP contribution in [0.4, 0.5) is 4.39 Å². The Kier molecular flexibility index (Phi) is 9.23. The van der Waals surface area contributed by atoms with Crippen molar-refractivity contribution in [2.45, 2.75) is 45.7 Å². The highest BCUT2D eigenvalue weighted by atomic mass is 35.5. The molecule has 1 atom stereocenters. The summed E-state index contributed by atoms with van der Waals surface area (Å²) in [7, 11) is 0. The maximum Gasteiger partial charge on any atom is 0.243 e. The fraction of sp³-hybridized carbons (Fsp3) is 0.286. The van der Waals surface area contributed by atoms with Crippen LogP contribution in [0.3, 0.4) is 0 Å². The van der Waals surface area contributed by atoms with Crippen LogP contribution in [0.25, 0.3) is 0 Å². The number of halogens is 2. The van der Waals surface area contributed by atoms with Gasteiger partial charge >= 0.3 is 0 Å². The zero-order chi connectivity index (χ0) is 24.5. The standard InChI is InChI=1S/C28H30ClFN2O2/c1-3-16-31-28(34)26(17-21-8-5-4-6-9-21)32(19-22-14-12-20(2)13-15-22)27(33)18-23-24(29)10-7-11-25(23)30/h4-15,26H,3,16-19H2,1-2H3,(H,31,34)/t26-/m1/s1. The van der Waals surface area contributed by atoms with Gasteiger partial charge in [-0.2, -0.15) is 0 Å². The molecule has 0 aliphatic carbocycles. The van der Waals surface area contributed by atoms with Crippen LogP contribution in [-0.4, -0.2) is 29.3 Å². The molecule has 0 fully saturated rings. The summed E-state index contributed by atoms with van der Waals surface area (Å²) < 4.78 is 14.5. The zero-order valence-electron chi connectivity index (χ0n) is 19.6. The minimum atomic E-state index is -0.756. The zero-order valence-corrected chi connectivity index (χ0v) is 20.3. The van der Waals surface area contributed by atoms with Crippen molar-refractivity contribution in [2.24, 2.45) is 0 Å². The van der Waals surface area contributed by atoms with E-state index in [0.29, 0.717) is 13.0 Å². The fourth-order valence-corrected chi connectivity index (χ4v) is 3.99. The molecule has 3 rings (SSSR count). The summed E-state index contributed by atoms with van der Waals surface area (Å²) in [5.74, 6) is -1.13. The molecule has 34 heavy (non-hydrogen) atoms. The molecule has 6 heteroatoms. The summed E-state index contributed by atoms with van der Waals surface area (Å²) in [6, 6.07) is 21.0. The molecule has 3 aromatic rings. The molecule has 3 aromatic carbocycles. The lowest BCUT2D eigenvalue weighted by Gasteiger charge is -2.32. The van der Waals surface area contributed by atoms with E-state index in [1.54, 1.807) is 11.0 Å². The van der Waals surface area contributed by atoms with Crippen molar-refractivity contribution in [1.29, 1.82) is 0 Å². The van der Waals surface area contributed by atoms with E-state index in [-0.39, 0.29) is 35.4 Å². The van der Waals surface area contributed by atoms with Crippen LogP contribution in [0.2, 0.25) is 5.02 Å². The van der Waals surface area contributed by atoms with Gasteiger partial charge in [-0.1, -0.05) is 84.8 Å². The average Bonchev–Trinajstić information content (AvgIpc) is 2.84. The van der Waals surface area contributed by atoms with Gasteiger partial charge in [-0.25, -0.2) is 4.39 Å². The number of hydrogen-bond donors (Lipinski definition) is 1. The molecule has 178 valence electrons. The summed E-state index contributed by atoms with van der Waals surface area (Å²) in [6.07, 6.45) is 0.892. The van der Waals surface area contributed by atoms with Gasteiger partial charge in [0.25, 0.3) is 0 Å². The summed E-state index contributed by atoms with van der Waals surface area (Å²) in [5.41, 5.74) is 3.06. The number of hydrogen-bond acceptors (Lipinski definition) is 2. The van der Waals surface area contributed by atoms with Crippen LogP contribution in [0.1, 0.15) is 35.6 Å². The van der Waals surface area contributed by atoms with Crippen LogP contribution < -0.4 is 5.32 Å². The fourth-order valence-electron chi connectivity index (χ4n) is 3.76. The quantitative estimate of drug-likeness (QED) is 0.416. The minimum absolute atomic E-state index is 0.135. The van der Waals surface area contributed by atoms with Crippen molar-refractivity contribution in [3.8, 4) is 0 Å². The first kappa shape index (κ1) is 25.4. The van der Waals surface area contributed by atoms with Crippen LogP contribution >= 0.6 is 11.6 Å². The number of carbonyl (C=O) groups is 2. The van der Waals surface area contributed by atoms with Crippen molar-refractivity contribution in [2.75, 3.05) is 6.54 Å². The maximum atomic E-state index is 14.5. The van der Waals surface area contributed by atoms with E-state index in [0.717, 1.165) is 23.1 Å². The van der Waals surface area contributed by atoms with Gasteiger partial charge in [0.1, 0.15) is 11.9 Å². The molecular weight excluding hydrogens is 451 g/mol. The predicted octanol–water partition coefficient (Wildman–Crippen LogP) is 5.50. The van der Waals surface area contributed by atoms with Crippen molar-refractivity contribution < 1.29 is 14.0 Å². The number of rotatable bonds is 10. The molecule has 2 amide bonds. The normalized spacial score (nSPS) is 11.6. The van der Waals surface area contributed by atoms with Crippen molar-refractivity contribution in [1.82, 2.24) is 10.2 Å². The minimum Gasteiger partial charge on any atom is -0.354 e. The second kappa shape index (κ2) is 12.3. The molecule has 1 N–H and O–H groups in total. The number of nitrogens with zero attached hydrogens (tertiary/aromatic N) is 1. The van der Waals surface area contributed by atoms with Crippen LogP contribution in [0.15, 0.2) is 72.8 Å². The van der Waals surface area contributed by atoms with Gasteiger partial charge in [0.15, 0.2) is 0 Å². The van der Waals surface area contributed by atoms with Gasteiger partial charge in [-0.05, 0) is 36.6 Å². The van der Waals surface area contributed by atoms with Gasteiger partial charge in [-0.15, -0.1) is 0 Å². The molecule has 0 unspecified atom stereocenters. The third kappa shape index (κ3) is 6.91. The SMILES string of the molecule is CCCNC(=O)[C@@H](Cc1ccccc1)N(Cc1ccc(C)cc1)C(=O)Cc1c(F)cccc1Cl. The predicted molar refractivity (Wildman–Crippen MR) is 134 cm³/mol. The van der Waals surface area contributed by atoms with Gasteiger partial charge in [0, 0.05) is 30.1 Å². The summed E-state index contributed by atoms with van der Waals surface area (Å²) in [4.78, 5) is 28.4. The number of aryl methyl sites for hydroxylation is 1. The van der Waals surface area contributed by atoms with Gasteiger partial charge in [0.2, 0.25) is 11.8 Å². The number of benzene rings is 3. The van der Waals surface area contributed by atoms with E-state index in [2.05, 4.69) is 5.32 Å². The van der Waals surface area contributed by atoms with Gasteiger partial charge in [0.05, 0.1) is 6.42 Å². The average molecular weight is 481 g/mol. The lowest BCUT2D eigenvalue weighted by molar-refractivity contribution is -0.140. The second-order valence-corrected chi connectivity index (χ2v) is 8.79. The molecule has 0 aromatic heterocycles. The Bertz CT molecular complexity index is 1080. The highest BCUT2D eigenvalue weighted by Gasteiger charge is 2.31. The second-order valence-electron chi connectivity index (χ2n) is 8.38. The van der Waals surface area contributed by atoms with Crippen molar-refractivity contribution in [3.05, 3.63) is 106 Å². The third-order valence-corrected chi connectivity index (χ3v) is 6.04. The Morgan fingerprint density at radius 1 is 0.971 bits per heavy atom. The van der Waals surface area contributed by atoms with Crippen molar-refractivity contribution >= 4 is 23.4 Å². The summed E-state index contributed by atoms with van der Waals surface area (Å²) in [5, 5.41) is 3.13. The lowest BCUT2D eigenvalue weighted by Crippen LogP contribution is -2.51. The van der Waals surface area contributed by atoms with E-state index in [1.165, 1.54) is 12.1 Å². The van der Waals surface area contributed by atoms with E-state index >= 15 is 0 Å². The molecule has 0 heterocycles. The Labute approximate surface area is 205 Å². The molecular formula is C28H30ClFN2O2. The van der Waals surface area contributed by atoms with E-state index < -0.39 is 11.9 Å². The Morgan fingerprint density at radius 2 is 1.68 bits per heavy atom. The Morgan fingerprint density at radius 3 is 2.32 bits per heavy atom. The summed E-state index contributed by atoms with van der Waals surface area (Å²) in [6.45, 7) is 4.70. The lowest BCUT2D eigenvalue weighted by atomic mass is 10.0. The van der Waals surface area contributed by atoms with E-state index in [9.17, 15) is 14.0 Å². The largest absolute Gasteiger partial charge is 0.354 e. The Hall–Kier alpha value is -3.18. The van der Waals surface area contributed by atoms with Crippen molar-refractivity contribution in [3.63, 3.8) is 0 Å². The molecule has 0 aliphatic rings. The highest BCUT2D eigenvalue weighted by Crippen LogP contribution is 2.22. The van der Waals surface area contributed by atoms with E-state index in [1.807, 2.05) is 68.4 Å². The molecule has 0 bridgehead atoms. The smallest absolute Gasteiger partial charge is 0.243 e. The number of nitrogens with one attached hydrogen (secondary N) is 1. The third-order valence-electron chi connectivity index (χ3n) is 5.68. The monoisotopic (exact) mass is 480 g/mol. The molecule has 0 saturated heterocycles. The van der Waals surface area contributed by atoms with Crippen LogP contribution in [0, 0.1) is 12.7 Å². The molecule has 0 aliphatic heterocycles. The van der Waals surface area contributed by atoms with Gasteiger partial charge in [-0.3, -0.25) is 9.59 Å². The molecule has 0 spiro atoms. The van der Waals surface area contributed by atoms with Gasteiger partial charge < -0.3 is 10.2 Å². The topological polar surface area (TPSA) is 49.4 Å². The number of amides is 2. The first-order chi connectivity index (χ1) is 16.4. The molecule has 0 saturated carbocycles. The highest BCUT2D eigenvalue weighted by molar-refractivity contribution is 6.31. The number of carbonyl (C=O) groups excluding carboxylic acids is 2. The molecule has 4 nitrogen and oxygen atoms in total. The summed E-state index contributed by atoms with van der Waals surface area (Å²) >= 11 is 6.21. The maximum absolute atomic E-state index is 14.5. The molecule has 0 radical (unpaired) electrons. The van der Waals surface area contributed by atoms with Crippen LogP contribution in [0.5, 0.6) is 0 Å². The Balaban J connectivity index is 1.98. The first-order valence-corrected chi connectivity index (χ1v) is 11.9. The first-order valence-electron chi connectivity index (χ1n) is 11.5.